The molecule has 1 radical (unpaired) electrons. The molecule has 0 aromatic carbocycles. The van der Waals surface area contributed by atoms with Crippen LogP contribution in [0.2, 0.25) is 0 Å². The minimum absolute atomic E-state index is 0. The molecule has 1 rings (SSSR count). The van der Waals surface area contributed by atoms with E-state index in [-0.39, 0.29) is 22.9 Å². The number of carboxylic acid groups (broad SMARTS) is 1. The van der Waals surface area contributed by atoms with Gasteiger partial charge >= 0.3 is 0 Å². The Morgan fingerprint density at radius 1 is 1.67 bits per heavy atom. The molecule has 0 amide bonds. The Hall–Kier alpha value is -0.931. The topological polar surface area (TPSA) is 66.7 Å². The zero-order valence-electron chi connectivity index (χ0n) is 6.45. The molecule has 1 aliphatic rings. The molecule has 4 nitrogen and oxygen atoms in total. The van der Waals surface area contributed by atoms with E-state index in [2.05, 4.69) is 4.99 Å². The van der Waals surface area contributed by atoms with Gasteiger partial charge in [0.2, 0.25) is 0 Å². The van der Waals surface area contributed by atoms with Gasteiger partial charge in [-0.05, 0) is 12.2 Å². The minimum Gasteiger partial charge on any atom is -0.481 e. The predicted octanol–water partition coefficient (Wildman–Crippen LogP) is 0.284. The molecule has 1 heterocycles. The van der Waals surface area contributed by atoms with E-state index in [4.69, 9.17) is 9.90 Å². The number of aliphatic carboxylic acids is 1. The molecule has 0 saturated heterocycles. The predicted molar refractivity (Wildman–Crippen MR) is 40.8 cm³/mol. The van der Waals surface area contributed by atoms with Gasteiger partial charge in [0.15, 0.2) is 5.78 Å². The molecule has 0 bridgehead atoms. The Morgan fingerprint density at radius 3 is 2.33 bits per heavy atom. The Kier molecular flexibility index (Phi) is 9.29. The monoisotopic (exact) mass is 218 g/mol. The first kappa shape index (κ1) is 13.6. The number of ketones is 1. The molecule has 0 spiro atoms. The van der Waals surface area contributed by atoms with Crippen molar-refractivity contribution in [2.75, 3.05) is 6.54 Å². The number of hydrogen-bond donors (Lipinski definition) is 1. The quantitative estimate of drug-likeness (QED) is 0.594. The summed E-state index contributed by atoms with van der Waals surface area (Å²) < 4.78 is 0. The van der Waals surface area contributed by atoms with Crippen molar-refractivity contribution in [2.45, 2.75) is 6.92 Å². The van der Waals surface area contributed by atoms with Crippen molar-refractivity contribution in [2.24, 2.45) is 4.99 Å². The number of rotatable bonds is 0. The van der Waals surface area contributed by atoms with Crippen molar-refractivity contribution >= 4 is 18.0 Å². The number of carbonyl (C=O) groups excluding carboxylic acids is 1. The molecule has 12 heavy (non-hydrogen) atoms. The second-order valence-electron chi connectivity index (χ2n) is 1.83. The Morgan fingerprint density at radius 2 is 2.17 bits per heavy atom. The summed E-state index contributed by atoms with van der Waals surface area (Å²) in [6.45, 7) is 1.41. The van der Waals surface area contributed by atoms with Crippen LogP contribution in [0.1, 0.15) is 6.92 Å². The van der Waals surface area contributed by atoms with Crippen LogP contribution in [0.25, 0.3) is 0 Å². The van der Waals surface area contributed by atoms with Crippen LogP contribution < -0.4 is 0 Å². The molecule has 0 unspecified atom stereocenters. The number of allylic oxidation sites excluding steroid dienone is 1. The summed E-state index contributed by atoms with van der Waals surface area (Å²) in [4.78, 5) is 23.0. The third-order valence-corrected chi connectivity index (χ3v) is 0.721. The molecule has 5 heteroatoms. The summed E-state index contributed by atoms with van der Waals surface area (Å²) in [5.41, 5.74) is 0. The van der Waals surface area contributed by atoms with Crippen molar-refractivity contribution in [1.82, 2.24) is 0 Å². The summed E-state index contributed by atoms with van der Waals surface area (Å²) in [5.74, 6) is -0.748. The third-order valence-electron chi connectivity index (χ3n) is 0.721. The van der Waals surface area contributed by atoms with Crippen LogP contribution in [-0.2, 0) is 26.7 Å². The Bertz CT molecular complexity index is 207. The first-order chi connectivity index (χ1) is 5.13. The van der Waals surface area contributed by atoms with Crippen LogP contribution >= 0.6 is 0 Å². The third kappa shape index (κ3) is 11.8. The van der Waals surface area contributed by atoms with Gasteiger partial charge in [-0.15, -0.1) is 0 Å². The average molecular weight is 219 g/mol. The van der Waals surface area contributed by atoms with Crippen LogP contribution in [0.15, 0.2) is 17.1 Å². The van der Waals surface area contributed by atoms with E-state index >= 15 is 0 Å². The van der Waals surface area contributed by atoms with Crippen LogP contribution in [0.3, 0.4) is 0 Å². The fraction of sp³-hybridized carbons (Fsp3) is 0.286. The Labute approximate surface area is 80.8 Å². The van der Waals surface area contributed by atoms with Crippen LogP contribution in [-0.4, -0.2) is 29.6 Å². The smallest absolute Gasteiger partial charge is 0.300 e. The average Bonchev–Trinajstić information content (AvgIpc) is 1.87. The van der Waals surface area contributed by atoms with Crippen molar-refractivity contribution in [3.8, 4) is 0 Å². The van der Waals surface area contributed by atoms with Crippen molar-refractivity contribution in [3.05, 3.63) is 12.2 Å². The van der Waals surface area contributed by atoms with Gasteiger partial charge in [-0.3, -0.25) is 14.6 Å². The van der Waals surface area contributed by atoms with Gasteiger partial charge in [0.05, 0.1) is 0 Å². The molecule has 0 aromatic rings. The molecule has 0 fully saturated rings. The summed E-state index contributed by atoms with van der Waals surface area (Å²) in [6.07, 6.45) is 4.79. The molecule has 1 aliphatic heterocycles. The fourth-order valence-electron chi connectivity index (χ4n) is 0.407. The Balaban J connectivity index is 0. The fourth-order valence-corrected chi connectivity index (χ4v) is 0.407. The first-order valence-electron chi connectivity index (χ1n) is 3.02. The van der Waals surface area contributed by atoms with Gasteiger partial charge in [-0.1, -0.05) is 0 Å². The number of aliphatic imine (C=N–C) groups is 1. The van der Waals surface area contributed by atoms with Gasteiger partial charge in [0.25, 0.3) is 5.97 Å². The summed E-state index contributed by atoms with van der Waals surface area (Å²) in [7, 11) is 0. The molecule has 0 aromatic heterocycles. The van der Waals surface area contributed by atoms with Gasteiger partial charge in [0.1, 0.15) is 6.54 Å². The number of carbonyl (C=O) groups is 2. The van der Waals surface area contributed by atoms with Crippen molar-refractivity contribution in [3.63, 3.8) is 0 Å². The summed E-state index contributed by atoms with van der Waals surface area (Å²) in [6, 6.07) is 0. The van der Waals surface area contributed by atoms with Crippen LogP contribution in [0, 0.1) is 0 Å². The van der Waals surface area contributed by atoms with E-state index in [1.165, 1.54) is 6.08 Å². The van der Waals surface area contributed by atoms with E-state index in [1.807, 2.05) is 0 Å². The number of carboxylic acids is 1. The first-order valence-corrected chi connectivity index (χ1v) is 3.02. The van der Waals surface area contributed by atoms with Crippen LogP contribution in [0.5, 0.6) is 0 Å². The second kappa shape index (κ2) is 8.17. The van der Waals surface area contributed by atoms with Crippen molar-refractivity contribution < 1.29 is 31.8 Å². The molecule has 0 atom stereocenters. The van der Waals surface area contributed by atoms with Gasteiger partial charge in [-0.25, -0.2) is 0 Å². The maximum atomic E-state index is 10.3. The number of nitrogens with zero attached hydrogens (tertiary/aromatic N) is 1. The van der Waals surface area contributed by atoms with E-state index in [0.717, 1.165) is 6.92 Å². The van der Waals surface area contributed by atoms with Gasteiger partial charge < -0.3 is 5.11 Å². The summed E-state index contributed by atoms with van der Waals surface area (Å²) in [5, 5.41) is 7.42. The number of hydrogen-bond acceptors (Lipinski definition) is 3. The zero-order valence-corrected chi connectivity index (χ0v) is 7.39. The normalized spacial score (nSPS) is 12.6. The second-order valence-corrected chi connectivity index (χ2v) is 1.83. The largest absolute Gasteiger partial charge is 0.481 e. The van der Waals surface area contributed by atoms with Gasteiger partial charge in [0, 0.05) is 30.2 Å². The molecular formula is C7H9CuNO3. The van der Waals surface area contributed by atoms with Crippen LogP contribution in [0.4, 0.5) is 0 Å². The minimum atomic E-state index is -0.833. The summed E-state index contributed by atoms with van der Waals surface area (Å²) >= 11 is 0. The zero-order chi connectivity index (χ0) is 8.69. The maximum absolute atomic E-state index is 10.3. The molecule has 71 valence electrons. The maximum Gasteiger partial charge on any atom is 0.300 e. The van der Waals surface area contributed by atoms with Gasteiger partial charge in [-0.2, -0.15) is 0 Å². The molecular weight excluding hydrogens is 210 g/mol. The SMILES string of the molecule is CC(=O)O.O=C1C=CC=NC1.[Cu]. The van der Waals surface area contributed by atoms with E-state index in [0.29, 0.717) is 6.54 Å². The molecule has 0 aliphatic carbocycles. The standard InChI is InChI=1S/C5H5NO.C2H4O2.Cu/c7-5-2-1-3-6-4-5;1-2(3)4;/h1-3H,4H2;1H3,(H,3,4);. The molecule has 1 N–H and O–H groups in total. The number of dihydropyridines is 1. The van der Waals surface area contributed by atoms with E-state index in [9.17, 15) is 4.79 Å². The van der Waals surface area contributed by atoms with Crippen molar-refractivity contribution in [1.29, 1.82) is 0 Å². The van der Waals surface area contributed by atoms with E-state index in [1.54, 1.807) is 12.3 Å². The molecule has 0 saturated carbocycles. The van der Waals surface area contributed by atoms with E-state index < -0.39 is 5.97 Å².